The van der Waals surface area contributed by atoms with Gasteiger partial charge < -0.3 is 0 Å². The van der Waals surface area contributed by atoms with Crippen LogP contribution in [0.25, 0.3) is 0 Å². The Bertz CT molecular complexity index is 520. The van der Waals surface area contributed by atoms with Gasteiger partial charge in [0.25, 0.3) is 0 Å². The maximum atomic E-state index is 12.3. The van der Waals surface area contributed by atoms with Crippen molar-refractivity contribution in [1.82, 2.24) is 4.31 Å². The number of benzene rings is 1. The molecule has 0 amide bonds. The molecule has 0 radical (unpaired) electrons. The lowest BCUT2D eigenvalue weighted by molar-refractivity contribution is 0.101. The molecule has 0 aliphatic rings. The number of carbonyl (C=O) groups is 1. The van der Waals surface area contributed by atoms with Crippen molar-refractivity contribution >= 4 is 15.8 Å². The van der Waals surface area contributed by atoms with E-state index in [1.54, 1.807) is 19.2 Å². The molecule has 4 nitrogen and oxygen atoms in total. The first-order valence-electron chi connectivity index (χ1n) is 5.89. The molecular weight excluding hydrogens is 250 g/mol. The Hall–Kier alpha value is -1.20. The van der Waals surface area contributed by atoms with Crippen LogP contribution < -0.4 is 0 Å². The monoisotopic (exact) mass is 269 g/mol. The number of sulfonamides is 1. The van der Waals surface area contributed by atoms with E-state index in [-0.39, 0.29) is 16.7 Å². The Morgan fingerprint density at radius 3 is 2.17 bits per heavy atom. The predicted octanol–water partition coefficient (Wildman–Crippen LogP) is 2.31. The molecule has 0 fully saturated rings. The minimum Gasteiger partial charge on any atom is -0.295 e. The largest absolute Gasteiger partial charge is 0.295 e. The number of ketones is 1. The molecule has 0 spiro atoms. The minimum atomic E-state index is -3.47. The van der Waals surface area contributed by atoms with Crippen LogP contribution in [0, 0.1) is 0 Å². The molecule has 18 heavy (non-hydrogen) atoms. The van der Waals surface area contributed by atoms with Gasteiger partial charge in [-0.3, -0.25) is 4.79 Å². The molecule has 0 saturated carbocycles. The van der Waals surface area contributed by atoms with Crippen molar-refractivity contribution in [3.8, 4) is 0 Å². The highest BCUT2D eigenvalue weighted by atomic mass is 32.2. The van der Waals surface area contributed by atoms with Gasteiger partial charge in [0.1, 0.15) is 0 Å². The summed E-state index contributed by atoms with van der Waals surface area (Å²) < 4.78 is 25.9. The van der Waals surface area contributed by atoms with E-state index in [1.807, 2.05) is 13.8 Å². The van der Waals surface area contributed by atoms with Gasteiger partial charge in [0.15, 0.2) is 5.78 Å². The van der Waals surface area contributed by atoms with Gasteiger partial charge in [-0.25, -0.2) is 8.42 Å². The highest BCUT2D eigenvalue weighted by Gasteiger charge is 2.24. The number of Topliss-reactive ketones (excluding diaryl/α,β-unsaturated/α-hetero) is 1. The minimum absolute atomic E-state index is 0.0533. The van der Waals surface area contributed by atoms with E-state index in [2.05, 4.69) is 0 Å². The Morgan fingerprint density at radius 2 is 1.78 bits per heavy atom. The lowest BCUT2D eigenvalue weighted by atomic mass is 10.2. The van der Waals surface area contributed by atoms with E-state index < -0.39 is 10.0 Å². The van der Waals surface area contributed by atoms with Crippen molar-refractivity contribution in [2.75, 3.05) is 7.05 Å². The predicted molar refractivity (Wildman–Crippen MR) is 71.1 cm³/mol. The van der Waals surface area contributed by atoms with Crippen LogP contribution in [0.15, 0.2) is 29.2 Å². The number of carbonyl (C=O) groups excluding carboxylic acids is 1. The maximum absolute atomic E-state index is 12.3. The summed E-state index contributed by atoms with van der Waals surface area (Å²) in [7, 11) is -1.90. The third-order valence-electron chi connectivity index (χ3n) is 3.15. The van der Waals surface area contributed by atoms with Crippen molar-refractivity contribution < 1.29 is 13.2 Å². The van der Waals surface area contributed by atoms with Crippen LogP contribution in [0.5, 0.6) is 0 Å². The SMILES string of the molecule is CCC(C)N(C)S(=O)(=O)c1ccc(C(C)=O)cc1. The molecular formula is C13H19NO3S. The Kier molecular flexibility index (Phi) is 4.65. The van der Waals surface area contributed by atoms with Gasteiger partial charge in [0.2, 0.25) is 10.0 Å². The standard InChI is InChI=1S/C13H19NO3S/c1-5-10(2)14(4)18(16,17)13-8-6-12(7-9-13)11(3)15/h6-10H,5H2,1-4H3. The van der Waals surface area contributed by atoms with Crippen molar-refractivity contribution in [1.29, 1.82) is 0 Å². The number of hydrogen-bond acceptors (Lipinski definition) is 3. The fraction of sp³-hybridized carbons (Fsp3) is 0.462. The average Bonchev–Trinajstić information content (AvgIpc) is 2.36. The van der Waals surface area contributed by atoms with Crippen LogP contribution in [0.2, 0.25) is 0 Å². The number of rotatable bonds is 5. The van der Waals surface area contributed by atoms with Gasteiger partial charge >= 0.3 is 0 Å². The lowest BCUT2D eigenvalue weighted by Gasteiger charge is -2.23. The van der Waals surface area contributed by atoms with Gasteiger partial charge in [-0.05, 0) is 32.4 Å². The molecule has 1 rings (SSSR count). The molecule has 0 aliphatic heterocycles. The molecule has 0 N–H and O–H groups in total. The highest BCUT2D eigenvalue weighted by Crippen LogP contribution is 2.18. The summed E-state index contributed by atoms with van der Waals surface area (Å²) >= 11 is 0. The average molecular weight is 269 g/mol. The summed E-state index contributed by atoms with van der Waals surface area (Å²) in [6, 6.07) is 5.98. The molecule has 0 aromatic heterocycles. The van der Waals surface area contributed by atoms with Crippen molar-refractivity contribution in [2.24, 2.45) is 0 Å². The molecule has 1 unspecified atom stereocenters. The van der Waals surface area contributed by atoms with E-state index in [0.29, 0.717) is 5.56 Å². The Labute approximate surface area is 109 Å². The molecule has 0 saturated heterocycles. The van der Waals surface area contributed by atoms with Crippen molar-refractivity contribution in [3.05, 3.63) is 29.8 Å². The molecule has 1 aromatic rings. The molecule has 0 bridgehead atoms. The highest BCUT2D eigenvalue weighted by molar-refractivity contribution is 7.89. The van der Waals surface area contributed by atoms with Gasteiger partial charge in [-0.1, -0.05) is 19.1 Å². The Balaban J connectivity index is 3.09. The zero-order valence-corrected chi connectivity index (χ0v) is 12.0. The number of nitrogens with zero attached hydrogens (tertiary/aromatic N) is 1. The van der Waals surface area contributed by atoms with Crippen molar-refractivity contribution in [3.63, 3.8) is 0 Å². The third kappa shape index (κ3) is 2.97. The van der Waals surface area contributed by atoms with Gasteiger partial charge in [0, 0.05) is 18.7 Å². The first-order valence-corrected chi connectivity index (χ1v) is 7.33. The van der Waals surface area contributed by atoms with E-state index in [0.717, 1.165) is 6.42 Å². The van der Waals surface area contributed by atoms with Gasteiger partial charge in [-0.2, -0.15) is 4.31 Å². The van der Waals surface area contributed by atoms with Crippen molar-refractivity contribution in [2.45, 2.75) is 38.1 Å². The van der Waals surface area contributed by atoms with Crippen LogP contribution in [0.1, 0.15) is 37.6 Å². The first-order chi connectivity index (χ1) is 8.30. The lowest BCUT2D eigenvalue weighted by Crippen LogP contribution is -2.34. The molecule has 100 valence electrons. The zero-order valence-electron chi connectivity index (χ0n) is 11.2. The second-order valence-electron chi connectivity index (χ2n) is 4.36. The van der Waals surface area contributed by atoms with Gasteiger partial charge in [0.05, 0.1) is 4.90 Å². The normalized spacial score (nSPS) is 13.6. The molecule has 0 heterocycles. The third-order valence-corrected chi connectivity index (χ3v) is 5.14. The summed E-state index contributed by atoms with van der Waals surface area (Å²) in [4.78, 5) is 11.4. The van der Waals surface area contributed by atoms with E-state index in [4.69, 9.17) is 0 Å². The van der Waals surface area contributed by atoms with Crippen LogP contribution in [-0.4, -0.2) is 31.6 Å². The molecule has 1 aromatic carbocycles. The van der Waals surface area contributed by atoms with E-state index in [1.165, 1.54) is 23.4 Å². The summed E-state index contributed by atoms with van der Waals surface area (Å²) in [6.07, 6.45) is 0.751. The maximum Gasteiger partial charge on any atom is 0.243 e. The van der Waals surface area contributed by atoms with E-state index in [9.17, 15) is 13.2 Å². The second kappa shape index (κ2) is 5.63. The summed E-state index contributed by atoms with van der Waals surface area (Å²) in [5.41, 5.74) is 0.514. The molecule has 0 aliphatic carbocycles. The van der Waals surface area contributed by atoms with Gasteiger partial charge in [-0.15, -0.1) is 0 Å². The molecule has 1 atom stereocenters. The molecule has 5 heteroatoms. The fourth-order valence-electron chi connectivity index (χ4n) is 1.52. The fourth-order valence-corrected chi connectivity index (χ4v) is 2.96. The second-order valence-corrected chi connectivity index (χ2v) is 6.36. The van der Waals surface area contributed by atoms with Crippen LogP contribution >= 0.6 is 0 Å². The van der Waals surface area contributed by atoms with Crippen LogP contribution in [0.3, 0.4) is 0 Å². The Morgan fingerprint density at radius 1 is 1.28 bits per heavy atom. The van der Waals surface area contributed by atoms with Crippen LogP contribution in [-0.2, 0) is 10.0 Å². The topological polar surface area (TPSA) is 54.5 Å². The summed E-state index contributed by atoms with van der Waals surface area (Å²) in [5.74, 6) is -0.0748. The first kappa shape index (κ1) is 14.9. The quantitative estimate of drug-likeness (QED) is 0.771. The summed E-state index contributed by atoms with van der Waals surface area (Å²) in [6.45, 7) is 5.26. The zero-order chi connectivity index (χ0) is 13.9. The smallest absolute Gasteiger partial charge is 0.243 e. The van der Waals surface area contributed by atoms with Crippen LogP contribution in [0.4, 0.5) is 0 Å². The van der Waals surface area contributed by atoms with E-state index >= 15 is 0 Å². The number of hydrogen-bond donors (Lipinski definition) is 0. The summed E-state index contributed by atoms with van der Waals surface area (Å²) in [5, 5.41) is 0.